The molecular formula is C36H43FN6O5. The highest BCUT2D eigenvalue weighted by Gasteiger charge is 2.42. The molecule has 3 aliphatic heterocycles. The first-order valence-electron chi connectivity index (χ1n) is 16.9. The highest BCUT2D eigenvalue weighted by atomic mass is 19.1. The molecule has 3 aliphatic rings. The van der Waals surface area contributed by atoms with Crippen LogP contribution in [0.25, 0.3) is 11.0 Å². The number of hydrogen-bond donors (Lipinski definition) is 3. The van der Waals surface area contributed by atoms with Crippen molar-refractivity contribution >= 4 is 28.5 Å². The lowest BCUT2D eigenvalue weighted by atomic mass is 9.72. The number of nitrogens with one attached hydrogen (secondary N) is 1. The number of halogens is 1. The number of likely N-dealkylation sites (tertiary alicyclic amines) is 1. The highest BCUT2D eigenvalue weighted by Crippen LogP contribution is 2.36. The zero-order chi connectivity index (χ0) is 34.0. The van der Waals surface area contributed by atoms with Crippen LogP contribution in [-0.2, 0) is 28.0 Å². The summed E-state index contributed by atoms with van der Waals surface area (Å²) >= 11 is 0. The van der Waals surface area contributed by atoms with Crippen molar-refractivity contribution in [3.8, 4) is 0 Å². The summed E-state index contributed by atoms with van der Waals surface area (Å²) < 4.78 is 20.4. The van der Waals surface area contributed by atoms with E-state index in [0.717, 1.165) is 66.8 Å². The summed E-state index contributed by atoms with van der Waals surface area (Å²) in [6, 6.07) is 11.9. The van der Waals surface area contributed by atoms with Gasteiger partial charge in [0.25, 0.3) is 5.56 Å². The van der Waals surface area contributed by atoms with E-state index < -0.39 is 11.5 Å². The molecule has 2 aromatic carbocycles. The fourth-order valence-electron chi connectivity index (χ4n) is 7.35. The summed E-state index contributed by atoms with van der Waals surface area (Å²) in [5.74, 6) is 0.109. The average molecular weight is 659 g/mol. The number of hydrogen-bond acceptors (Lipinski definition) is 9. The molecule has 2 aromatic heterocycles. The first kappa shape index (κ1) is 33.5. The molecule has 0 spiro atoms. The van der Waals surface area contributed by atoms with E-state index in [1.165, 1.54) is 12.1 Å². The number of imide groups is 1. The quantitative estimate of drug-likeness (QED) is 0.201. The van der Waals surface area contributed by atoms with E-state index in [4.69, 9.17) is 10.3 Å². The second-order valence-electron chi connectivity index (χ2n) is 13.2. The Kier molecular flexibility index (Phi) is 9.75. The van der Waals surface area contributed by atoms with Crippen LogP contribution in [-0.4, -0.2) is 56.2 Å². The molecule has 254 valence electrons. The fraction of sp³-hybridized carbons (Fsp3) is 0.472. The lowest BCUT2D eigenvalue weighted by Crippen LogP contribution is -2.51. The van der Waals surface area contributed by atoms with Crippen molar-refractivity contribution in [1.82, 2.24) is 24.9 Å². The van der Waals surface area contributed by atoms with Gasteiger partial charge in [0, 0.05) is 53.8 Å². The van der Waals surface area contributed by atoms with Gasteiger partial charge >= 0.3 is 0 Å². The maximum atomic E-state index is 13.4. The molecule has 0 aliphatic carbocycles. The number of carbonyl (C=O) groups is 2. The summed E-state index contributed by atoms with van der Waals surface area (Å²) in [5.41, 5.74) is 9.56. The molecular weight excluding hydrogens is 615 g/mol. The van der Waals surface area contributed by atoms with Crippen LogP contribution in [0.3, 0.4) is 0 Å². The number of anilines is 1. The average Bonchev–Trinajstić information content (AvgIpc) is 3.50. The summed E-state index contributed by atoms with van der Waals surface area (Å²) in [6.45, 7) is 7.09. The number of aliphatic hydroxyl groups is 1. The van der Waals surface area contributed by atoms with Gasteiger partial charge in [0.05, 0.1) is 11.1 Å². The van der Waals surface area contributed by atoms with E-state index in [1.807, 2.05) is 26.0 Å². The third-order valence-electron chi connectivity index (χ3n) is 10.3. The smallest absolute Gasteiger partial charge is 0.257 e. The van der Waals surface area contributed by atoms with Crippen LogP contribution in [0.5, 0.6) is 0 Å². The van der Waals surface area contributed by atoms with Crippen molar-refractivity contribution in [3.63, 3.8) is 0 Å². The van der Waals surface area contributed by atoms with Gasteiger partial charge in [0.1, 0.15) is 17.7 Å². The van der Waals surface area contributed by atoms with Crippen molar-refractivity contribution in [2.24, 2.45) is 0 Å². The molecule has 2 atom stereocenters. The molecule has 2 saturated heterocycles. The predicted molar refractivity (Wildman–Crippen MR) is 179 cm³/mol. The van der Waals surface area contributed by atoms with Gasteiger partial charge in [-0.1, -0.05) is 24.2 Å². The number of benzene rings is 2. The van der Waals surface area contributed by atoms with Gasteiger partial charge in [-0.3, -0.25) is 24.3 Å². The Bertz CT molecular complexity index is 1860. The summed E-state index contributed by atoms with van der Waals surface area (Å²) in [4.78, 5) is 43.2. The van der Waals surface area contributed by atoms with Crippen molar-refractivity contribution in [2.45, 2.75) is 89.2 Å². The number of amides is 2. The second-order valence-corrected chi connectivity index (χ2v) is 13.2. The van der Waals surface area contributed by atoms with Crippen molar-refractivity contribution in [3.05, 3.63) is 87.0 Å². The van der Waals surface area contributed by atoms with Gasteiger partial charge in [0.15, 0.2) is 5.58 Å². The van der Waals surface area contributed by atoms with Crippen LogP contribution >= 0.6 is 0 Å². The molecule has 12 heteroatoms. The Morgan fingerprint density at radius 2 is 1.83 bits per heavy atom. The molecule has 2 amide bonds. The Labute approximate surface area is 278 Å². The molecule has 0 radical (unpaired) electrons. The van der Waals surface area contributed by atoms with E-state index in [1.54, 1.807) is 22.8 Å². The number of rotatable bonds is 6. The van der Waals surface area contributed by atoms with E-state index in [0.29, 0.717) is 61.7 Å². The Hall–Kier alpha value is -4.42. The van der Waals surface area contributed by atoms with Crippen LogP contribution in [0.15, 0.2) is 51.8 Å². The molecule has 48 heavy (non-hydrogen) atoms. The SMILES string of the molecule is CCC1(c2ccc(N)cc2)CCC(=O)NC1=O.Cc1nc2n(c(=O)c1CCN1CCC(c3noc4cc(F)ccc34)CC1)CCC[C@H]2O. The third kappa shape index (κ3) is 6.64. The van der Waals surface area contributed by atoms with Gasteiger partial charge in [0.2, 0.25) is 11.8 Å². The number of piperidine rings is 2. The van der Waals surface area contributed by atoms with Crippen molar-refractivity contribution in [1.29, 1.82) is 0 Å². The summed E-state index contributed by atoms with van der Waals surface area (Å²) in [5, 5.41) is 17.7. The van der Waals surface area contributed by atoms with Crippen LogP contribution < -0.4 is 16.6 Å². The predicted octanol–water partition coefficient (Wildman–Crippen LogP) is 4.43. The number of nitrogens with two attached hydrogens (primary N) is 1. The van der Waals surface area contributed by atoms with E-state index in [2.05, 4.69) is 20.4 Å². The Morgan fingerprint density at radius 3 is 2.54 bits per heavy atom. The molecule has 4 aromatic rings. The number of nitrogens with zero attached hydrogens (tertiary/aromatic N) is 4. The molecule has 1 unspecified atom stereocenters. The van der Waals surface area contributed by atoms with Gasteiger partial charge in [-0.2, -0.15) is 0 Å². The zero-order valence-electron chi connectivity index (χ0n) is 27.5. The second kappa shape index (κ2) is 14.0. The highest BCUT2D eigenvalue weighted by molar-refractivity contribution is 6.03. The fourth-order valence-corrected chi connectivity index (χ4v) is 7.35. The molecule has 0 saturated carbocycles. The van der Waals surface area contributed by atoms with Crippen LogP contribution in [0.4, 0.5) is 10.1 Å². The summed E-state index contributed by atoms with van der Waals surface area (Å²) in [7, 11) is 0. The number of carbonyl (C=O) groups excluding carboxylic acids is 2. The Morgan fingerprint density at radius 1 is 1.08 bits per heavy atom. The standard InChI is InChI=1S/C23H27FN4O3.C13H16N2O2/c1-14-17(23(30)28-9-2-3-19(29)22(28)25-14)8-12-27-10-6-15(7-11-27)21-18-5-4-16(24)13-20(18)31-26-21;1-2-13(8-7-11(16)15-12(13)17)9-3-5-10(14)6-4-9/h4-5,13,15,19,29H,2-3,6-12H2,1H3;3-6H,2,7-8,14H2,1H3,(H,15,16,17)/t19-;/m1./s1. The van der Waals surface area contributed by atoms with Crippen LogP contribution in [0.2, 0.25) is 0 Å². The topological polar surface area (TPSA) is 157 Å². The normalized spacial score (nSPS) is 21.8. The third-order valence-corrected chi connectivity index (χ3v) is 10.3. The van der Waals surface area contributed by atoms with E-state index in [-0.39, 0.29) is 23.2 Å². The van der Waals surface area contributed by atoms with Crippen molar-refractivity contribution in [2.75, 3.05) is 25.4 Å². The lowest BCUT2D eigenvalue weighted by Gasteiger charge is -2.34. The molecule has 0 bridgehead atoms. The molecule has 4 N–H and O–H groups in total. The van der Waals surface area contributed by atoms with Gasteiger partial charge < -0.3 is 20.3 Å². The minimum absolute atomic E-state index is 0.00237. The van der Waals surface area contributed by atoms with E-state index >= 15 is 0 Å². The maximum absolute atomic E-state index is 13.4. The maximum Gasteiger partial charge on any atom is 0.257 e. The van der Waals surface area contributed by atoms with Crippen LogP contribution in [0.1, 0.15) is 92.2 Å². The van der Waals surface area contributed by atoms with Gasteiger partial charge in [-0.15, -0.1) is 0 Å². The lowest BCUT2D eigenvalue weighted by molar-refractivity contribution is -0.138. The Balaban J connectivity index is 0.000000200. The molecule has 11 nitrogen and oxygen atoms in total. The number of aromatic nitrogens is 3. The monoisotopic (exact) mass is 658 g/mol. The van der Waals surface area contributed by atoms with Gasteiger partial charge in [-0.25, -0.2) is 9.37 Å². The molecule has 5 heterocycles. The van der Waals surface area contributed by atoms with Crippen LogP contribution in [0, 0.1) is 12.7 Å². The first-order valence-corrected chi connectivity index (χ1v) is 16.9. The minimum Gasteiger partial charge on any atom is -0.399 e. The molecule has 7 rings (SSSR count). The largest absolute Gasteiger partial charge is 0.399 e. The number of fused-ring (bicyclic) bond motifs is 2. The number of nitrogen functional groups attached to an aromatic ring is 1. The zero-order valence-corrected chi connectivity index (χ0v) is 27.5. The first-order chi connectivity index (χ1) is 23.1. The van der Waals surface area contributed by atoms with E-state index in [9.17, 15) is 23.9 Å². The minimum atomic E-state index is -0.641. The summed E-state index contributed by atoms with van der Waals surface area (Å²) in [6.07, 6.45) is 5.02. The number of aliphatic hydroxyl groups excluding tert-OH is 1. The van der Waals surface area contributed by atoms with Crippen molar-refractivity contribution < 1.29 is 23.6 Å². The number of aryl methyl sites for hydroxylation is 1. The van der Waals surface area contributed by atoms with Gasteiger partial charge in [-0.05, 0) is 94.8 Å². The molecule has 2 fully saturated rings.